The molecule has 1 fully saturated rings. The van der Waals surface area contributed by atoms with Crippen LogP contribution >= 0.6 is 11.8 Å². The summed E-state index contributed by atoms with van der Waals surface area (Å²) in [6.07, 6.45) is -2.21. The number of hydrogen-bond acceptors (Lipinski definition) is 8. The molecule has 0 bridgehead atoms. The van der Waals surface area contributed by atoms with Crippen molar-refractivity contribution in [3.8, 4) is 0 Å². The molecular weight excluding hydrogens is 380 g/mol. The fourth-order valence-corrected chi connectivity index (χ4v) is 4.62. The van der Waals surface area contributed by atoms with Crippen molar-refractivity contribution in [3.05, 3.63) is 10.6 Å². The minimum Gasteiger partial charge on any atom is -0.477 e. The molecule has 1 saturated heterocycles. The SMILES string of the molecule is C[C@@H](O)[C@H]1C(=O)N2C(C(=O)O)=C(COC(N)=O)S[C@@]12COC(=O)C(C)(C)C. The normalized spacial score (nSPS) is 25.6. The Morgan fingerprint density at radius 1 is 1.33 bits per heavy atom. The Labute approximate surface area is 159 Å². The summed E-state index contributed by atoms with van der Waals surface area (Å²) in [7, 11) is 0. The van der Waals surface area contributed by atoms with Gasteiger partial charge in [0, 0.05) is 0 Å². The maximum Gasteiger partial charge on any atom is 0.404 e. The molecule has 0 unspecified atom stereocenters. The highest BCUT2D eigenvalue weighted by Gasteiger charge is 2.69. The Kier molecular flexibility index (Phi) is 5.48. The van der Waals surface area contributed by atoms with Crippen molar-refractivity contribution in [3.63, 3.8) is 0 Å². The quantitative estimate of drug-likeness (QED) is 0.418. The third-order valence-corrected chi connectivity index (χ3v) is 5.66. The lowest BCUT2D eigenvalue weighted by Crippen LogP contribution is -2.72. The zero-order valence-electron chi connectivity index (χ0n) is 15.3. The van der Waals surface area contributed by atoms with E-state index in [2.05, 4.69) is 4.74 Å². The van der Waals surface area contributed by atoms with E-state index in [0.29, 0.717) is 0 Å². The number of carboxylic acid groups (broad SMARTS) is 1. The number of nitrogens with two attached hydrogens (primary N) is 1. The second-order valence-corrected chi connectivity index (χ2v) is 8.75. The van der Waals surface area contributed by atoms with Gasteiger partial charge in [-0.25, -0.2) is 9.59 Å². The third-order valence-electron chi connectivity index (χ3n) is 4.19. The van der Waals surface area contributed by atoms with Gasteiger partial charge in [-0.05, 0) is 27.7 Å². The average Bonchev–Trinajstić information content (AvgIpc) is 2.79. The molecule has 0 aliphatic carbocycles. The Morgan fingerprint density at radius 3 is 2.37 bits per heavy atom. The fourth-order valence-electron chi connectivity index (χ4n) is 2.99. The van der Waals surface area contributed by atoms with E-state index in [1.165, 1.54) is 6.92 Å². The largest absolute Gasteiger partial charge is 0.477 e. The maximum absolute atomic E-state index is 12.5. The van der Waals surface area contributed by atoms with Crippen molar-refractivity contribution in [2.24, 2.45) is 17.1 Å². The molecule has 2 rings (SSSR count). The molecule has 0 aromatic heterocycles. The van der Waals surface area contributed by atoms with Gasteiger partial charge < -0.3 is 25.4 Å². The van der Waals surface area contributed by atoms with E-state index in [1.54, 1.807) is 20.8 Å². The highest BCUT2D eigenvalue weighted by Crippen LogP contribution is 2.59. The number of carboxylic acids is 1. The number of aliphatic carboxylic acids is 1. The molecule has 2 heterocycles. The zero-order chi connectivity index (χ0) is 20.7. The molecule has 150 valence electrons. The van der Waals surface area contributed by atoms with Crippen LogP contribution in [-0.2, 0) is 23.9 Å². The van der Waals surface area contributed by atoms with E-state index in [1.807, 2.05) is 0 Å². The van der Waals surface area contributed by atoms with E-state index < -0.39 is 52.9 Å². The van der Waals surface area contributed by atoms with Crippen LogP contribution < -0.4 is 5.73 Å². The topological polar surface area (TPSA) is 156 Å². The molecule has 27 heavy (non-hydrogen) atoms. The van der Waals surface area contributed by atoms with E-state index in [9.17, 15) is 29.4 Å². The molecule has 10 nitrogen and oxygen atoms in total. The number of rotatable bonds is 6. The Hall–Kier alpha value is -2.27. The van der Waals surface area contributed by atoms with Crippen LogP contribution in [0.15, 0.2) is 10.6 Å². The van der Waals surface area contributed by atoms with Gasteiger partial charge in [0.1, 0.15) is 29.7 Å². The van der Waals surface area contributed by atoms with E-state index in [0.717, 1.165) is 16.7 Å². The first-order valence-electron chi connectivity index (χ1n) is 8.10. The predicted molar refractivity (Wildman–Crippen MR) is 93.0 cm³/mol. The number of fused-ring (bicyclic) bond motifs is 1. The standard InChI is InChI=1S/C16H22N2O8S/c1-7(19)9-11(20)18-10(12(21)22)8(5-25-14(17)24)27-16(9,18)6-26-13(23)15(2,3)4/h7,9,19H,5-6H2,1-4H3,(H2,17,24)(H,21,22)/t7-,9+,16+/m1/s1. The number of thioether (sulfide) groups is 1. The third kappa shape index (κ3) is 3.61. The first-order chi connectivity index (χ1) is 12.3. The van der Waals surface area contributed by atoms with Crippen LogP contribution in [-0.4, -0.2) is 63.2 Å². The summed E-state index contributed by atoms with van der Waals surface area (Å²) in [4.78, 5) is 47.0. The smallest absolute Gasteiger partial charge is 0.404 e. The number of aliphatic hydroxyl groups excluding tert-OH is 1. The molecular formula is C16H22N2O8S. The van der Waals surface area contributed by atoms with Crippen LogP contribution in [0.1, 0.15) is 27.7 Å². The van der Waals surface area contributed by atoms with Crippen LogP contribution in [0.4, 0.5) is 4.79 Å². The van der Waals surface area contributed by atoms with Gasteiger partial charge in [-0.2, -0.15) is 0 Å². The molecule has 0 aromatic rings. The summed E-state index contributed by atoms with van der Waals surface area (Å²) >= 11 is 0.913. The summed E-state index contributed by atoms with van der Waals surface area (Å²) in [5, 5.41) is 19.6. The van der Waals surface area contributed by atoms with Gasteiger partial charge in [0.25, 0.3) is 0 Å². The Morgan fingerprint density at radius 2 is 1.93 bits per heavy atom. The highest BCUT2D eigenvalue weighted by molar-refractivity contribution is 8.04. The number of ether oxygens (including phenoxy) is 2. The molecule has 2 aliphatic rings. The summed E-state index contributed by atoms with van der Waals surface area (Å²) < 4.78 is 10.0. The number of amides is 2. The van der Waals surface area contributed by atoms with Crippen molar-refractivity contribution in [1.29, 1.82) is 0 Å². The lowest BCUT2D eigenvalue weighted by atomic mass is 9.82. The molecule has 2 aliphatic heterocycles. The van der Waals surface area contributed by atoms with Crippen LogP contribution in [0.5, 0.6) is 0 Å². The lowest BCUT2D eigenvalue weighted by Gasteiger charge is -2.53. The first-order valence-corrected chi connectivity index (χ1v) is 8.91. The van der Waals surface area contributed by atoms with E-state index in [4.69, 9.17) is 10.5 Å². The van der Waals surface area contributed by atoms with E-state index in [-0.39, 0.29) is 17.2 Å². The molecule has 0 spiro atoms. The van der Waals surface area contributed by atoms with Crippen molar-refractivity contribution in [2.45, 2.75) is 38.7 Å². The molecule has 2 amide bonds. The predicted octanol–water partition coefficient (Wildman–Crippen LogP) is 0.249. The Balaban J connectivity index is 2.37. The van der Waals surface area contributed by atoms with Crippen LogP contribution in [0.25, 0.3) is 0 Å². The number of nitrogens with zero attached hydrogens (tertiary/aromatic N) is 1. The molecule has 4 N–H and O–H groups in total. The average molecular weight is 402 g/mol. The van der Waals surface area contributed by atoms with E-state index >= 15 is 0 Å². The maximum atomic E-state index is 12.5. The summed E-state index contributed by atoms with van der Waals surface area (Å²) in [6.45, 7) is 5.57. The van der Waals surface area contributed by atoms with Gasteiger partial charge >= 0.3 is 18.0 Å². The Bertz CT molecular complexity index is 726. The summed E-state index contributed by atoms with van der Waals surface area (Å²) in [6, 6.07) is 0. The molecule has 0 saturated carbocycles. The van der Waals surface area contributed by atoms with Gasteiger partial charge in [0.05, 0.1) is 16.4 Å². The number of primary amides is 1. The highest BCUT2D eigenvalue weighted by atomic mass is 32.2. The number of esters is 1. The van der Waals surface area contributed by atoms with Gasteiger partial charge in [-0.3, -0.25) is 14.5 Å². The number of carbonyl (C=O) groups is 4. The number of carbonyl (C=O) groups excluding carboxylic acids is 3. The number of hydrogen-bond donors (Lipinski definition) is 3. The van der Waals surface area contributed by atoms with Gasteiger partial charge in [-0.1, -0.05) is 11.8 Å². The van der Waals surface area contributed by atoms with Crippen molar-refractivity contribution >= 4 is 35.7 Å². The van der Waals surface area contributed by atoms with Gasteiger partial charge in [0.2, 0.25) is 5.91 Å². The minimum atomic E-state index is -1.41. The number of aliphatic hydroxyl groups is 1. The minimum absolute atomic E-state index is 0.0737. The van der Waals surface area contributed by atoms with Crippen LogP contribution in [0.2, 0.25) is 0 Å². The molecule has 3 atom stereocenters. The zero-order valence-corrected chi connectivity index (χ0v) is 16.2. The fraction of sp³-hybridized carbons (Fsp3) is 0.625. The summed E-state index contributed by atoms with van der Waals surface area (Å²) in [5.41, 5.74) is 3.74. The first kappa shape index (κ1) is 21.0. The van der Waals surface area contributed by atoms with Crippen LogP contribution in [0, 0.1) is 11.3 Å². The second kappa shape index (κ2) is 7.04. The second-order valence-electron chi connectivity index (χ2n) is 7.35. The van der Waals surface area contributed by atoms with Crippen molar-refractivity contribution in [1.82, 2.24) is 4.90 Å². The lowest BCUT2D eigenvalue weighted by molar-refractivity contribution is -0.177. The summed E-state index contributed by atoms with van der Waals surface area (Å²) in [5.74, 6) is -3.56. The van der Waals surface area contributed by atoms with Crippen molar-refractivity contribution in [2.75, 3.05) is 13.2 Å². The number of β-lactam (4-membered cyclic amide) rings is 1. The van der Waals surface area contributed by atoms with Gasteiger partial charge in [-0.15, -0.1) is 0 Å². The molecule has 0 radical (unpaired) electrons. The molecule has 0 aromatic carbocycles. The van der Waals surface area contributed by atoms with Gasteiger partial charge in [0.15, 0.2) is 0 Å². The molecule has 11 heteroatoms. The van der Waals surface area contributed by atoms with Crippen molar-refractivity contribution < 1.29 is 38.9 Å². The van der Waals surface area contributed by atoms with Crippen LogP contribution in [0.3, 0.4) is 0 Å². The monoisotopic (exact) mass is 402 g/mol.